The van der Waals surface area contributed by atoms with Crippen LogP contribution in [-0.4, -0.2) is 30.3 Å². The fourth-order valence-corrected chi connectivity index (χ4v) is 3.23. The lowest BCUT2D eigenvalue weighted by Gasteiger charge is -2.10. The Morgan fingerprint density at radius 1 is 1.10 bits per heavy atom. The number of aryl methyl sites for hydroxylation is 2. The van der Waals surface area contributed by atoms with Gasteiger partial charge >= 0.3 is 11.8 Å². The average Bonchev–Trinajstić information content (AvgIpc) is 3.37. The molecule has 0 aliphatic carbocycles. The van der Waals surface area contributed by atoms with Crippen molar-refractivity contribution in [1.29, 1.82) is 0 Å². The van der Waals surface area contributed by atoms with E-state index in [1.807, 2.05) is 32.0 Å². The van der Waals surface area contributed by atoms with Crippen molar-refractivity contribution in [3.63, 3.8) is 0 Å². The molecule has 8 heteroatoms. The van der Waals surface area contributed by atoms with Crippen LogP contribution in [0.1, 0.15) is 27.4 Å². The minimum absolute atomic E-state index is 0.150. The summed E-state index contributed by atoms with van der Waals surface area (Å²) in [6.45, 7) is 4.14. The van der Waals surface area contributed by atoms with Crippen molar-refractivity contribution in [1.82, 2.24) is 15.5 Å². The summed E-state index contributed by atoms with van der Waals surface area (Å²) < 4.78 is 21.6. The number of ether oxygens (including phenoxy) is 2. The molecule has 0 saturated carbocycles. The summed E-state index contributed by atoms with van der Waals surface area (Å²) in [6.07, 6.45) is 0. The van der Waals surface area contributed by atoms with Crippen LogP contribution in [0.5, 0.6) is 11.5 Å². The first-order chi connectivity index (χ1) is 14.5. The van der Waals surface area contributed by atoms with Gasteiger partial charge in [-0.1, -0.05) is 16.8 Å². The second-order valence-electron chi connectivity index (χ2n) is 6.84. The molecule has 154 valence electrons. The van der Waals surface area contributed by atoms with Gasteiger partial charge in [0.25, 0.3) is 0 Å². The third kappa shape index (κ3) is 3.59. The van der Waals surface area contributed by atoms with E-state index >= 15 is 0 Å². The lowest BCUT2D eigenvalue weighted by Crippen LogP contribution is -2.23. The Morgan fingerprint density at radius 2 is 1.93 bits per heavy atom. The van der Waals surface area contributed by atoms with E-state index in [9.17, 15) is 4.79 Å². The second-order valence-corrected chi connectivity index (χ2v) is 6.84. The topological polar surface area (TPSA) is 99.6 Å². The molecule has 1 N–H and O–H groups in total. The Labute approximate surface area is 172 Å². The van der Waals surface area contributed by atoms with Crippen LogP contribution in [0.3, 0.4) is 0 Å². The minimum Gasteiger partial charge on any atom is -0.497 e. The van der Waals surface area contributed by atoms with Gasteiger partial charge in [0.1, 0.15) is 17.1 Å². The molecule has 4 rings (SSSR count). The smallest absolute Gasteiger partial charge is 0.316 e. The highest BCUT2D eigenvalue weighted by molar-refractivity contribution is 5.90. The number of amides is 1. The number of carbonyl (C=O) groups excluding carboxylic acids is 1. The molecule has 2 aromatic carbocycles. The van der Waals surface area contributed by atoms with Crippen molar-refractivity contribution in [2.75, 3.05) is 14.2 Å². The van der Waals surface area contributed by atoms with Crippen molar-refractivity contribution >= 4 is 16.9 Å². The number of rotatable bonds is 6. The first-order valence-electron chi connectivity index (χ1n) is 9.33. The van der Waals surface area contributed by atoms with Gasteiger partial charge in [-0.15, -0.1) is 0 Å². The Kier molecular flexibility index (Phi) is 5.14. The van der Waals surface area contributed by atoms with Crippen molar-refractivity contribution in [2.45, 2.75) is 20.4 Å². The predicted molar refractivity (Wildman–Crippen MR) is 110 cm³/mol. The third-order valence-corrected chi connectivity index (χ3v) is 4.84. The number of carbonyl (C=O) groups is 1. The molecule has 2 aromatic heterocycles. The molecule has 0 fully saturated rings. The molecule has 0 unspecified atom stereocenters. The van der Waals surface area contributed by atoms with Gasteiger partial charge in [-0.05, 0) is 44.2 Å². The van der Waals surface area contributed by atoms with Crippen LogP contribution in [-0.2, 0) is 6.54 Å². The molecule has 0 saturated heterocycles. The van der Waals surface area contributed by atoms with Gasteiger partial charge in [0.05, 0.1) is 14.2 Å². The number of fused-ring (bicyclic) bond motifs is 1. The van der Waals surface area contributed by atoms with Crippen LogP contribution >= 0.6 is 0 Å². The highest BCUT2D eigenvalue weighted by atomic mass is 16.5. The summed E-state index contributed by atoms with van der Waals surface area (Å²) >= 11 is 0. The van der Waals surface area contributed by atoms with Gasteiger partial charge in [-0.3, -0.25) is 4.79 Å². The van der Waals surface area contributed by atoms with Crippen LogP contribution in [0.4, 0.5) is 0 Å². The lowest BCUT2D eigenvalue weighted by atomic mass is 10.1. The van der Waals surface area contributed by atoms with E-state index in [4.69, 9.17) is 18.4 Å². The van der Waals surface area contributed by atoms with Crippen LogP contribution < -0.4 is 14.8 Å². The summed E-state index contributed by atoms with van der Waals surface area (Å²) in [6, 6.07) is 11.3. The number of hydrogen-bond acceptors (Lipinski definition) is 7. The number of benzene rings is 2. The maximum absolute atomic E-state index is 12.5. The molecule has 0 aliphatic heterocycles. The number of methoxy groups -OCH3 is 2. The fraction of sp³-hybridized carbons (Fsp3) is 0.227. The van der Waals surface area contributed by atoms with Gasteiger partial charge in [0, 0.05) is 23.1 Å². The van der Waals surface area contributed by atoms with Crippen LogP contribution in [0.15, 0.2) is 45.3 Å². The van der Waals surface area contributed by atoms with Crippen LogP contribution in [0, 0.1) is 13.8 Å². The first-order valence-corrected chi connectivity index (χ1v) is 9.33. The lowest BCUT2D eigenvalue weighted by molar-refractivity contribution is 0.0906. The molecular weight excluding hydrogens is 386 g/mol. The van der Waals surface area contributed by atoms with Gasteiger partial charge in [0.2, 0.25) is 5.82 Å². The Balaban J connectivity index is 1.53. The van der Waals surface area contributed by atoms with E-state index in [-0.39, 0.29) is 18.3 Å². The first kappa shape index (κ1) is 19.5. The molecular formula is C22H21N3O5. The number of nitrogens with one attached hydrogen (secondary N) is 1. The van der Waals surface area contributed by atoms with E-state index in [0.717, 1.165) is 27.7 Å². The van der Waals surface area contributed by atoms with Gasteiger partial charge in [-0.25, -0.2) is 0 Å². The molecule has 0 aliphatic rings. The normalized spacial score (nSPS) is 10.9. The van der Waals surface area contributed by atoms with Gasteiger partial charge in [0.15, 0.2) is 5.76 Å². The Hall–Kier alpha value is -3.81. The standard InChI is InChI=1S/C22H21N3O5/c1-12-5-7-18-16(9-12)13(2)19(29-18)20-24-22(30-25-20)21(26)23-11-14-10-15(27-3)6-8-17(14)28-4/h5-10H,11H2,1-4H3,(H,23,26). The van der Waals surface area contributed by atoms with Crippen molar-refractivity contribution in [2.24, 2.45) is 0 Å². The Bertz CT molecular complexity index is 1220. The molecule has 0 spiro atoms. The van der Waals surface area contributed by atoms with E-state index < -0.39 is 5.91 Å². The zero-order chi connectivity index (χ0) is 21.3. The van der Waals surface area contributed by atoms with E-state index in [1.165, 1.54) is 0 Å². The third-order valence-electron chi connectivity index (χ3n) is 4.84. The summed E-state index contributed by atoms with van der Waals surface area (Å²) in [4.78, 5) is 16.7. The van der Waals surface area contributed by atoms with Crippen molar-refractivity contribution in [3.8, 4) is 23.1 Å². The molecule has 0 atom stereocenters. The Morgan fingerprint density at radius 3 is 2.70 bits per heavy atom. The van der Waals surface area contributed by atoms with Gasteiger partial charge in [-0.2, -0.15) is 4.98 Å². The van der Waals surface area contributed by atoms with E-state index in [2.05, 4.69) is 15.5 Å². The molecule has 2 heterocycles. The molecule has 0 radical (unpaired) electrons. The summed E-state index contributed by atoms with van der Waals surface area (Å²) in [5, 5.41) is 7.65. The maximum Gasteiger partial charge on any atom is 0.316 e. The SMILES string of the molecule is COc1ccc(OC)c(CNC(=O)c2nc(-c3oc4ccc(C)cc4c3C)no2)c1. The largest absolute Gasteiger partial charge is 0.497 e. The fourth-order valence-electron chi connectivity index (χ4n) is 3.23. The highest BCUT2D eigenvalue weighted by Gasteiger charge is 2.21. The van der Waals surface area contributed by atoms with Crippen molar-refractivity contribution < 1.29 is 23.2 Å². The van der Waals surface area contributed by atoms with Gasteiger partial charge < -0.3 is 23.7 Å². The van der Waals surface area contributed by atoms with Crippen LogP contribution in [0.2, 0.25) is 0 Å². The average molecular weight is 407 g/mol. The number of aromatic nitrogens is 2. The maximum atomic E-state index is 12.5. The summed E-state index contributed by atoms with van der Waals surface area (Å²) in [5.41, 5.74) is 3.50. The minimum atomic E-state index is -0.497. The number of furan rings is 1. The summed E-state index contributed by atoms with van der Waals surface area (Å²) in [7, 11) is 3.14. The molecule has 30 heavy (non-hydrogen) atoms. The number of hydrogen-bond donors (Lipinski definition) is 1. The summed E-state index contributed by atoms with van der Waals surface area (Å²) in [5.74, 6) is 1.36. The van der Waals surface area contributed by atoms with E-state index in [1.54, 1.807) is 32.4 Å². The number of nitrogens with zero attached hydrogens (tertiary/aromatic N) is 2. The highest BCUT2D eigenvalue weighted by Crippen LogP contribution is 2.32. The molecule has 8 nitrogen and oxygen atoms in total. The molecule has 1 amide bonds. The molecule has 4 aromatic rings. The zero-order valence-electron chi connectivity index (χ0n) is 17.1. The predicted octanol–water partition coefficient (Wildman–Crippen LogP) is 4.05. The monoisotopic (exact) mass is 407 g/mol. The zero-order valence-corrected chi connectivity index (χ0v) is 17.1. The van der Waals surface area contributed by atoms with Crippen molar-refractivity contribution in [3.05, 3.63) is 59.0 Å². The quantitative estimate of drug-likeness (QED) is 0.515. The second kappa shape index (κ2) is 7.90. The molecule has 0 bridgehead atoms. The van der Waals surface area contributed by atoms with Crippen LogP contribution in [0.25, 0.3) is 22.6 Å². The van der Waals surface area contributed by atoms with E-state index in [0.29, 0.717) is 17.3 Å².